The summed E-state index contributed by atoms with van der Waals surface area (Å²) in [7, 11) is 1.73. The number of aromatic nitrogens is 2. The minimum Gasteiger partial charge on any atom is -0.356 e. The molecule has 0 radical (unpaired) electrons. The minimum atomic E-state index is -0.223. The Morgan fingerprint density at radius 1 is 1.30 bits per heavy atom. The summed E-state index contributed by atoms with van der Waals surface area (Å²) >= 11 is 0. The maximum atomic E-state index is 12.9. The number of nitrogens with one attached hydrogen (secondary N) is 2. The van der Waals surface area contributed by atoms with Crippen molar-refractivity contribution >= 4 is 29.9 Å². The van der Waals surface area contributed by atoms with Gasteiger partial charge in [-0.2, -0.15) is 5.10 Å². The summed E-state index contributed by atoms with van der Waals surface area (Å²) in [5.41, 5.74) is 1.01. The quantitative estimate of drug-likeness (QED) is 0.420. The van der Waals surface area contributed by atoms with Gasteiger partial charge in [-0.05, 0) is 29.7 Å². The van der Waals surface area contributed by atoms with Gasteiger partial charge in [-0.1, -0.05) is 19.1 Å². The lowest BCUT2D eigenvalue weighted by atomic mass is 10.2. The number of hydrogen-bond donors (Lipinski definition) is 2. The molecule has 0 saturated carbocycles. The average molecular weight is 431 g/mol. The first-order valence-electron chi connectivity index (χ1n) is 7.33. The molecule has 2 N–H and O–H groups in total. The second-order valence-electron chi connectivity index (χ2n) is 5.27. The van der Waals surface area contributed by atoms with Crippen LogP contribution in [0.1, 0.15) is 12.5 Å². The van der Waals surface area contributed by atoms with E-state index >= 15 is 0 Å². The molecule has 2 aromatic rings. The van der Waals surface area contributed by atoms with Crippen LogP contribution in [0.25, 0.3) is 0 Å². The highest BCUT2D eigenvalue weighted by molar-refractivity contribution is 14.0. The summed E-state index contributed by atoms with van der Waals surface area (Å²) in [5.74, 6) is 0.930. The molecule has 0 saturated heterocycles. The van der Waals surface area contributed by atoms with E-state index in [1.807, 2.05) is 16.9 Å². The number of nitrogens with zero attached hydrogens (tertiary/aromatic N) is 3. The summed E-state index contributed by atoms with van der Waals surface area (Å²) in [6.45, 7) is 4.41. The zero-order chi connectivity index (χ0) is 15.8. The smallest absolute Gasteiger partial charge is 0.191 e. The molecule has 1 atom stereocenters. The van der Waals surface area contributed by atoms with Crippen molar-refractivity contribution in [1.82, 2.24) is 20.4 Å². The Labute approximate surface area is 153 Å². The van der Waals surface area contributed by atoms with Gasteiger partial charge in [-0.15, -0.1) is 24.0 Å². The number of hydrogen-bond acceptors (Lipinski definition) is 2. The average Bonchev–Trinajstić information content (AvgIpc) is 3.02. The summed E-state index contributed by atoms with van der Waals surface area (Å²) in [6, 6.07) is 8.36. The normalized spacial score (nSPS) is 12.4. The molecule has 0 fully saturated rings. The third-order valence-corrected chi connectivity index (χ3v) is 3.27. The van der Waals surface area contributed by atoms with Crippen molar-refractivity contribution in [2.75, 3.05) is 13.6 Å². The maximum absolute atomic E-state index is 12.9. The van der Waals surface area contributed by atoms with E-state index in [1.165, 1.54) is 12.1 Å². The van der Waals surface area contributed by atoms with Crippen molar-refractivity contribution in [1.29, 1.82) is 0 Å². The molecule has 0 aliphatic heterocycles. The van der Waals surface area contributed by atoms with Crippen LogP contribution in [0, 0.1) is 11.7 Å². The molecule has 1 unspecified atom stereocenters. The Hall–Kier alpha value is -1.64. The van der Waals surface area contributed by atoms with E-state index in [9.17, 15) is 4.39 Å². The van der Waals surface area contributed by atoms with E-state index < -0.39 is 0 Å². The predicted molar refractivity (Wildman–Crippen MR) is 101 cm³/mol. The maximum Gasteiger partial charge on any atom is 0.191 e. The van der Waals surface area contributed by atoms with Gasteiger partial charge in [-0.3, -0.25) is 9.67 Å². The molecule has 126 valence electrons. The van der Waals surface area contributed by atoms with Crippen LogP contribution in [0.5, 0.6) is 0 Å². The molecule has 1 aromatic carbocycles. The Morgan fingerprint density at radius 3 is 2.65 bits per heavy atom. The van der Waals surface area contributed by atoms with Gasteiger partial charge in [0.2, 0.25) is 0 Å². The number of rotatable bonds is 6. The number of aliphatic imine (C=N–C) groups is 1. The van der Waals surface area contributed by atoms with Crippen molar-refractivity contribution in [3.63, 3.8) is 0 Å². The fourth-order valence-corrected chi connectivity index (χ4v) is 2.07. The van der Waals surface area contributed by atoms with Crippen molar-refractivity contribution in [2.45, 2.75) is 20.0 Å². The predicted octanol–water partition coefficient (Wildman–Crippen LogP) is 2.64. The molecule has 1 aromatic heterocycles. The van der Waals surface area contributed by atoms with E-state index in [-0.39, 0.29) is 29.8 Å². The van der Waals surface area contributed by atoms with Crippen LogP contribution in [0.15, 0.2) is 47.7 Å². The van der Waals surface area contributed by atoms with Crippen molar-refractivity contribution in [2.24, 2.45) is 10.9 Å². The monoisotopic (exact) mass is 431 g/mol. The molecule has 1 heterocycles. The first-order chi connectivity index (χ1) is 10.7. The Balaban J connectivity index is 0.00000264. The molecule has 0 aliphatic rings. The molecule has 2 rings (SSSR count). The first kappa shape index (κ1) is 19.4. The third-order valence-electron chi connectivity index (χ3n) is 3.27. The molecule has 0 bridgehead atoms. The summed E-state index contributed by atoms with van der Waals surface area (Å²) in [6.07, 6.45) is 3.74. The molecule has 0 amide bonds. The highest BCUT2D eigenvalue weighted by atomic mass is 127. The van der Waals surface area contributed by atoms with E-state index in [1.54, 1.807) is 25.4 Å². The first-order valence-corrected chi connectivity index (χ1v) is 7.33. The zero-order valence-corrected chi connectivity index (χ0v) is 15.7. The fourth-order valence-electron chi connectivity index (χ4n) is 2.07. The summed E-state index contributed by atoms with van der Waals surface area (Å²) in [5, 5.41) is 10.7. The lowest BCUT2D eigenvalue weighted by molar-refractivity contribution is 0.443. The van der Waals surface area contributed by atoms with Crippen LogP contribution < -0.4 is 10.6 Å². The number of benzene rings is 1. The topological polar surface area (TPSA) is 54.2 Å². The van der Waals surface area contributed by atoms with Crippen LogP contribution in [0.2, 0.25) is 0 Å². The largest absolute Gasteiger partial charge is 0.356 e. The second kappa shape index (κ2) is 10.2. The van der Waals surface area contributed by atoms with Gasteiger partial charge in [0.1, 0.15) is 5.82 Å². The van der Waals surface area contributed by atoms with Gasteiger partial charge < -0.3 is 10.6 Å². The molecular weight excluding hydrogens is 408 g/mol. The molecule has 0 aliphatic carbocycles. The molecule has 5 nitrogen and oxygen atoms in total. The van der Waals surface area contributed by atoms with Gasteiger partial charge >= 0.3 is 0 Å². The van der Waals surface area contributed by atoms with E-state index in [0.717, 1.165) is 24.6 Å². The number of halogens is 2. The molecular formula is C16H23FIN5. The van der Waals surface area contributed by atoms with E-state index in [0.29, 0.717) is 12.5 Å². The van der Waals surface area contributed by atoms with Crippen LogP contribution >= 0.6 is 24.0 Å². The van der Waals surface area contributed by atoms with Gasteiger partial charge in [-0.25, -0.2) is 4.39 Å². The Morgan fingerprint density at radius 2 is 2.04 bits per heavy atom. The fraction of sp³-hybridized carbons (Fsp3) is 0.375. The van der Waals surface area contributed by atoms with Crippen molar-refractivity contribution < 1.29 is 4.39 Å². The van der Waals surface area contributed by atoms with Crippen molar-refractivity contribution in [3.8, 4) is 0 Å². The Bertz CT molecular complexity index is 583. The Kier molecular flexibility index (Phi) is 8.60. The highest BCUT2D eigenvalue weighted by Gasteiger charge is 2.05. The lowest BCUT2D eigenvalue weighted by Crippen LogP contribution is -2.39. The van der Waals surface area contributed by atoms with Gasteiger partial charge in [0.05, 0.1) is 0 Å². The number of guanidine groups is 1. The van der Waals surface area contributed by atoms with Crippen molar-refractivity contribution in [3.05, 3.63) is 54.1 Å². The van der Waals surface area contributed by atoms with Crippen LogP contribution in [-0.2, 0) is 13.1 Å². The zero-order valence-electron chi connectivity index (χ0n) is 13.4. The second-order valence-corrected chi connectivity index (χ2v) is 5.27. The van der Waals surface area contributed by atoms with Gasteiger partial charge in [0, 0.05) is 39.1 Å². The van der Waals surface area contributed by atoms with Crippen LogP contribution in [-0.4, -0.2) is 29.3 Å². The molecule has 0 spiro atoms. The standard InChI is InChI=1S/C16H22FN5.HI/c1-13(12-22-9-3-8-21-22)10-19-16(18-2)20-11-14-4-6-15(17)7-5-14;/h3-9,13H,10-12H2,1-2H3,(H2,18,19,20);1H. The van der Waals surface area contributed by atoms with E-state index in [2.05, 4.69) is 27.6 Å². The van der Waals surface area contributed by atoms with E-state index in [4.69, 9.17) is 0 Å². The molecule has 7 heteroatoms. The highest BCUT2D eigenvalue weighted by Crippen LogP contribution is 2.02. The molecule has 23 heavy (non-hydrogen) atoms. The summed E-state index contributed by atoms with van der Waals surface area (Å²) < 4.78 is 14.8. The lowest BCUT2D eigenvalue weighted by Gasteiger charge is -2.16. The third kappa shape index (κ3) is 6.98. The SMILES string of the molecule is CN=C(NCc1ccc(F)cc1)NCC(C)Cn1cccn1.I. The minimum absolute atomic E-state index is 0. The van der Waals surface area contributed by atoms with Crippen LogP contribution in [0.4, 0.5) is 4.39 Å². The van der Waals surface area contributed by atoms with Gasteiger partial charge in [0.25, 0.3) is 0 Å². The van der Waals surface area contributed by atoms with Crippen LogP contribution in [0.3, 0.4) is 0 Å². The van der Waals surface area contributed by atoms with Gasteiger partial charge in [0.15, 0.2) is 5.96 Å². The summed E-state index contributed by atoms with van der Waals surface area (Å²) in [4.78, 5) is 4.19.